The Hall–Kier alpha value is -0.0400. The number of nitrogens with zero attached hydrogens (tertiary/aromatic N) is 1. The monoisotopic (exact) mass is 425 g/mol. The summed E-state index contributed by atoms with van der Waals surface area (Å²) < 4.78 is 30.4. The van der Waals surface area contributed by atoms with Gasteiger partial charge in [0, 0.05) is 12.1 Å². The molecule has 8 heteroatoms. The molecule has 1 aromatic carbocycles. The molecular formula is C17H22Cl3NO3S. The van der Waals surface area contributed by atoms with Crippen molar-refractivity contribution in [3.63, 3.8) is 0 Å². The molecule has 1 aliphatic carbocycles. The molecule has 1 heterocycles. The Morgan fingerprint density at radius 3 is 2.40 bits per heavy atom. The fourth-order valence-electron chi connectivity index (χ4n) is 4.22. The van der Waals surface area contributed by atoms with Crippen molar-refractivity contribution in [3.05, 3.63) is 35.9 Å². The van der Waals surface area contributed by atoms with Crippen molar-refractivity contribution in [2.75, 3.05) is 13.2 Å². The minimum Gasteiger partial charge on any atom is -0.253 e. The van der Waals surface area contributed by atoms with Crippen molar-refractivity contribution in [2.24, 2.45) is 0 Å². The van der Waals surface area contributed by atoms with Gasteiger partial charge in [0.2, 0.25) is 3.79 Å². The summed E-state index contributed by atoms with van der Waals surface area (Å²) >= 11 is 17.0. The van der Waals surface area contributed by atoms with Gasteiger partial charge in [0.1, 0.15) is 6.61 Å². The molecule has 1 atom stereocenters. The number of halogens is 3. The first-order chi connectivity index (χ1) is 11.7. The van der Waals surface area contributed by atoms with Crippen molar-refractivity contribution < 1.29 is 12.6 Å². The summed E-state index contributed by atoms with van der Waals surface area (Å²) in [6, 6.07) is 10.3. The van der Waals surface area contributed by atoms with Gasteiger partial charge >= 0.3 is 10.3 Å². The molecule has 25 heavy (non-hydrogen) atoms. The van der Waals surface area contributed by atoms with Crippen LogP contribution in [0.5, 0.6) is 0 Å². The lowest BCUT2D eigenvalue weighted by Crippen LogP contribution is -2.55. The second-order valence-electron chi connectivity index (χ2n) is 6.94. The molecule has 140 valence electrons. The Kier molecular flexibility index (Phi) is 5.94. The van der Waals surface area contributed by atoms with Crippen LogP contribution in [0.4, 0.5) is 0 Å². The second-order valence-corrected chi connectivity index (χ2v) is 11.0. The SMILES string of the molecule is O=S(=O)(OCC(Cl)(Cl)Cl)N1CC[C@@H](c2ccccc2)CC12CCCC2. The smallest absolute Gasteiger partial charge is 0.253 e. The van der Waals surface area contributed by atoms with E-state index in [4.69, 9.17) is 39.0 Å². The average Bonchev–Trinajstić information content (AvgIpc) is 3.01. The van der Waals surface area contributed by atoms with Crippen molar-refractivity contribution in [1.29, 1.82) is 0 Å². The Morgan fingerprint density at radius 1 is 1.16 bits per heavy atom. The van der Waals surface area contributed by atoms with Gasteiger partial charge in [-0.1, -0.05) is 78.0 Å². The molecule has 0 bridgehead atoms. The summed E-state index contributed by atoms with van der Waals surface area (Å²) in [5.74, 6) is 0.360. The van der Waals surface area contributed by atoms with E-state index in [1.54, 1.807) is 0 Å². The molecule has 0 N–H and O–H groups in total. The topological polar surface area (TPSA) is 46.6 Å². The number of hydrogen-bond acceptors (Lipinski definition) is 3. The summed E-state index contributed by atoms with van der Waals surface area (Å²) in [6.45, 7) is -0.0452. The van der Waals surface area contributed by atoms with Crippen molar-refractivity contribution in [2.45, 2.75) is 53.8 Å². The fourth-order valence-corrected chi connectivity index (χ4v) is 6.09. The van der Waals surface area contributed by atoms with E-state index in [1.165, 1.54) is 9.87 Å². The van der Waals surface area contributed by atoms with Crippen LogP contribution in [-0.2, 0) is 14.5 Å². The summed E-state index contributed by atoms with van der Waals surface area (Å²) in [6.07, 6.45) is 5.34. The van der Waals surface area contributed by atoms with Gasteiger partial charge in [-0.25, -0.2) is 0 Å². The molecule has 0 amide bonds. The molecule has 0 unspecified atom stereocenters. The highest BCUT2D eigenvalue weighted by Gasteiger charge is 2.50. The number of rotatable bonds is 4. The fraction of sp³-hybridized carbons (Fsp3) is 0.647. The molecule has 1 saturated carbocycles. The van der Waals surface area contributed by atoms with Crippen LogP contribution in [0.2, 0.25) is 0 Å². The van der Waals surface area contributed by atoms with Crippen LogP contribution in [-0.4, -0.2) is 35.2 Å². The maximum Gasteiger partial charge on any atom is 0.339 e. The van der Waals surface area contributed by atoms with Crippen LogP contribution in [0, 0.1) is 0 Å². The van der Waals surface area contributed by atoms with Gasteiger partial charge in [0.25, 0.3) is 0 Å². The van der Waals surface area contributed by atoms with E-state index in [-0.39, 0.29) is 5.54 Å². The Morgan fingerprint density at radius 2 is 1.80 bits per heavy atom. The Balaban J connectivity index is 1.81. The first kappa shape index (κ1) is 19.7. The van der Waals surface area contributed by atoms with Gasteiger partial charge in [-0.05, 0) is 37.2 Å². The van der Waals surface area contributed by atoms with E-state index in [2.05, 4.69) is 12.1 Å². The van der Waals surface area contributed by atoms with Gasteiger partial charge in [-0.3, -0.25) is 4.18 Å². The quantitative estimate of drug-likeness (QED) is 0.649. The number of benzene rings is 1. The van der Waals surface area contributed by atoms with Crippen LogP contribution in [0.1, 0.15) is 50.0 Å². The molecule has 4 nitrogen and oxygen atoms in total. The maximum atomic E-state index is 12.8. The highest BCUT2D eigenvalue weighted by Crippen LogP contribution is 2.48. The van der Waals surface area contributed by atoms with Gasteiger partial charge in [0.15, 0.2) is 0 Å². The van der Waals surface area contributed by atoms with Crippen molar-refractivity contribution in [3.8, 4) is 0 Å². The third-order valence-electron chi connectivity index (χ3n) is 5.28. The van der Waals surface area contributed by atoms with Crippen LogP contribution < -0.4 is 0 Å². The van der Waals surface area contributed by atoms with Crippen molar-refractivity contribution in [1.82, 2.24) is 4.31 Å². The van der Waals surface area contributed by atoms with Crippen LogP contribution in [0.25, 0.3) is 0 Å². The first-order valence-corrected chi connectivity index (χ1v) is 11.0. The van der Waals surface area contributed by atoms with E-state index >= 15 is 0 Å². The molecule has 1 spiro atoms. The maximum absolute atomic E-state index is 12.8. The lowest BCUT2D eigenvalue weighted by atomic mass is 9.77. The lowest BCUT2D eigenvalue weighted by molar-refractivity contribution is 0.103. The molecule has 1 aliphatic heterocycles. The largest absolute Gasteiger partial charge is 0.339 e. The molecular weight excluding hydrogens is 405 g/mol. The zero-order valence-corrected chi connectivity index (χ0v) is 16.9. The predicted molar refractivity (Wildman–Crippen MR) is 101 cm³/mol. The number of piperidine rings is 1. The summed E-state index contributed by atoms with van der Waals surface area (Å²) in [7, 11) is -3.93. The van der Waals surface area contributed by atoms with E-state index < -0.39 is 20.7 Å². The van der Waals surface area contributed by atoms with E-state index in [9.17, 15) is 8.42 Å². The van der Waals surface area contributed by atoms with E-state index in [1.807, 2.05) is 18.2 Å². The highest BCUT2D eigenvalue weighted by molar-refractivity contribution is 7.84. The molecule has 3 rings (SSSR count). The molecule has 2 fully saturated rings. The average molecular weight is 427 g/mol. The first-order valence-electron chi connectivity index (χ1n) is 8.51. The minimum atomic E-state index is -3.93. The molecule has 0 aromatic heterocycles. The third kappa shape index (κ3) is 4.63. The van der Waals surface area contributed by atoms with Gasteiger partial charge < -0.3 is 0 Å². The second kappa shape index (κ2) is 7.53. The molecule has 0 radical (unpaired) electrons. The highest BCUT2D eigenvalue weighted by atomic mass is 35.6. The standard InChI is InChI=1S/C17H22Cl3NO3S/c18-17(19,20)13-24-25(22,23)21-11-8-15(14-6-2-1-3-7-14)12-16(21)9-4-5-10-16/h1-3,6-7,15H,4-5,8-13H2/t15-/m1/s1. The molecule has 1 aromatic rings. The van der Waals surface area contributed by atoms with Crippen LogP contribution in [0.3, 0.4) is 0 Å². The minimum absolute atomic E-state index is 0.360. The van der Waals surface area contributed by atoms with Gasteiger partial charge in [0.05, 0.1) is 0 Å². The van der Waals surface area contributed by atoms with Gasteiger partial charge in [-0.15, -0.1) is 0 Å². The van der Waals surface area contributed by atoms with E-state index in [0.29, 0.717) is 12.5 Å². The molecule has 2 aliphatic rings. The predicted octanol–water partition coefficient (Wildman–Crippen LogP) is 4.81. The molecule has 1 saturated heterocycles. The van der Waals surface area contributed by atoms with Crippen LogP contribution in [0.15, 0.2) is 30.3 Å². The lowest BCUT2D eigenvalue weighted by Gasteiger charge is -2.46. The van der Waals surface area contributed by atoms with Crippen LogP contribution >= 0.6 is 34.8 Å². The van der Waals surface area contributed by atoms with Crippen molar-refractivity contribution >= 4 is 45.1 Å². The summed E-state index contributed by atoms with van der Waals surface area (Å²) in [5.41, 5.74) is 0.888. The third-order valence-corrected chi connectivity index (χ3v) is 7.14. The normalized spacial score (nSPS) is 24.7. The Labute approximate surface area is 164 Å². The summed E-state index contributed by atoms with van der Waals surface area (Å²) in [5, 5.41) is 0. The zero-order chi connectivity index (χ0) is 18.1. The summed E-state index contributed by atoms with van der Waals surface area (Å²) in [4.78, 5) is 0. The Bertz CT molecular complexity index is 685. The zero-order valence-electron chi connectivity index (χ0n) is 13.8. The van der Waals surface area contributed by atoms with E-state index in [0.717, 1.165) is 38.5 Å². The number of hydrogen-bond donors (Lipinski definition) is 0. The number of alkyl halides is 3. The van der Waals surface area contributed by atoms with Gasteiger partial charge in [-0.2, -0.15) is 12.7 Å².